The van der Waals surface area contributed by atoms with Crippen molar-refractivity contribution in [3.8, 4) is 0 Å². The molecule has 2 N–H and O–H groups in total. The molecular weight excluding hydrogens is 280 g/mol. The maximum atomic E-state index is 12.2. The molecule has 0 spiro atoms. The Morgan fingerprint density at radius 2 is 2.18 bits per heavy atom. The number of H-pyrrole nitrogens is 1. The summed E-state index contributed by atoms with van der Waals surface area (Å²) in [7, 11) is 0. The lowest BCUT2D eigenvalue weighted by atomic mass is 10.1. The second-order valence-electron chi connectivity index (χ2n) is 4.91. The molecule has 0 saturated carbocycles. The fourth-order valence-corrected chi connectivity index (χ4v) is 2.22. The number of pyridine rings is 3. The average Bonchev–Trinajstić information content (AvgIpc) is 2.53. The molecule has 0 unspecified atom stereocenters. The normalized spacial score (nSPS) is 10.6. The molecule has 3 heterocycles. The summed E-state index contributed by atoms with van der Waals surface area (Å²) in [6.45, 7) is 2.15. The quantitative estimate of drug-likeness (QED) is 0.767. The van der Waals surface area contributed by atoms with Gasteiger partial charge in [-0.2, -0.15) is 0 Å². The lowest BCUT2D eigenvalue weighted by Gasteiger charge is -2.06. The fraction of sp³-hybridized carbons (Fsp3) is 0.125. The number of carbonyl (C=O) groups is 1. The Kier molecular flexibility index (Phi) is 3.65. The molecule has 0 bridgehead atoms. The number of rotatable bonds is 3. The van der Waals surface area contributed by atoms with Gasteiger partial charge in [-0.15, -0.1) is 0 Å². The minimum Gasteiger partial charge on any atom is -0.348 e. The first-order chi connectivity index (χ1) is 10.6. The van der Waals surface area contributed by atoms with Crippen LogP contribution in [-0.2, 0) is 6.54 Å². The van der Waals surface area contributed by atoms with Crippen molar-refractivity contribution in [2.24, 2.45) is 0 Å². The number of nitrogens with zero attached hydrogens (tertiary/aromatic N) is 2. The monoisotopic (exact) mass is 294 g/mol. The predicted molar refractivity (Wildman–Crippen MR) is 82.5 cm³/mol. The maximum absolute atomic E-state index is 12.2. The Morgan fingerprint density at radius 1 is 1.32 bits per heavy atom. The number of aromatic nitrogens is 3. The summed E-state index contributed by atoms with van der Waals surface area (Å²) in [5.41, 5.74) is 1.96. The molecule has 6 nitrogen and oxygen atoms in total. The number of hydrogen-bond acceptors (Lipinski definition) is 4. The van der Waals surface area contributed by atoms with Gasteiger partial charge in [-0.3, -0.25) is 19.6 Å². The molecule has 0 fully saturated rings. The highest BCUT2D eigenvalue weighted by atomic mass is 16.2. The predicted octanol–water partition coefficient (Wildman–Crippen LogP) is 1.56. The van der Waals surface area contributed by atoms with E-state index in [1.807, 2.05) is 13.0 Å². The molecule has 1 amide bonds. The van der Waals surface area contributed by atoms with Gasteiger partial charge >= 0.3 is 0 Å². The molecule has 0 aliphatic heterocycles. The largest absolute Gasteiger partial charge is 0.348 e. The summed E-state index contributed by atoms with van der Waals surface area (Å²) in [6.07, 6.45) is 4.95. The zero-order valence-corrected chi connectivity index (χ0v) is 12.0. The van der Waals surface area contributed by atoms with Crippen LogP contribution >= 0.6 is 0 Å². The summed E-state index contributed by atoms with van der Waals surface area (Å²) >= 11 is 0. The van der Waals surface area contributed by atoms with E-state index in [1.165, 1.54) is 0 Å². The Bertz CT molecular complexity index is 888. The van der Waals surface area contributed by atoms with Crippen molar-refractivity contribution in [2.75, 3.05) is 0 Å². The van der Waals surface area contributed by atoms with Crippen LogP contribution in [0.1, 0.15) is 21.6 Å². The Morgan fingerprint density at radius 3 is 2.95 bits per heavy atom. The van der Waals surface area contributed by atoms with Crippen LogP contribution in [0, 0.1) is 6.92 Å². The third-order valence-corrected chi connectivity index (χ3v) is 3.39. The molecule has 0 aliphatic carbocycles. The third-order valence-electron chi connectivity index (χ3n) is 3.39. The molecule has 0 aromatic carbocycles. The fourth-order valence-electron chi connectivity index (χ4n) is 2.22. The lowest BCUT2D eigenvalue weighted by molar-refractivity contribution is 0.0949. The molecular formula is C16H14N4O2. The first-order valence-electron chi connectivity index (χ1n) is 6.81. The van der Waals surface area contributed by atoms with Gasteiger partial charge in [-0.25, -0.2) is 0 Å². The van der Waals surface area contributed by atoms with E-state index in [1.54, 1.807) is 36.8 Å². The van der Waals surface area contributed by atoms with Gasteiger partial charge in [0.05, 0.1) is 5.52 Å². The molecule has 3 aromatic rings. The molecule has 0 atom stereocenters. The Balaban J connectivity index is 1.89. The number of aromatic amines is 1. The van der Waals surface area contributed by atoms with Gasteiger partial charge in [0.25, 0.3) is 11.5 Å². The van der Waals surface area contributed by atoms with Gasteiger partial charge in [-0.1, -0.05) is 6.07 Å². The van der Waals surface area contributed by atoms with E-state index in [0.29, 0.717) is 12.1 Å². The number of amides is 1. The van der Waals surface area contributed by atoms with E-state index >= 15 is 0 Å². The van der Waals surface area contributed by atoms with Crippen molar-refractivity contribution in [2.45, 2.75) is 13.5 Å². The summed E-state index contributed by atoms with van der Waals surface area (Å²) in [5, 5.41) is 3.48. The minimum atomic E-state index is -0.421. The molecule has 0 aliphatic rings. The van der Waals surface area contributed by atoms with Crippen molar-refractivity contribution < 1.29 is 4.79 Å². The first kappa shape index (κ1) is 13.9. The van der Waals surface area contributed by atoms with Crippen LogP contribution < -0.4 is 10.9 Å². The van der Waals surface area contributed by atoms with Gasteiger partial charge in [0.2, 0.25) is 0 Å². The number of aryl methyl sites for hydroxylation is 1. The van der Waals surface area contributed by atoms with Crippen molar-refractivity contribution in [3.05, 3.63) is 70.0 Å². The van der Waals surface area contributed by atoms with E-state index in [9.17, 15) is 9.59 Å². The molecule has 0 radical (unpaired) electrons. The smallest absolute Gasteiger partial charge is 0.261 e. The third kappa shape index (κ3) is 2.71. The molecule has 22 heavy (non-hydrogen) atoms. The average molecular weight is 294 g/mol. The number of fused-ring (bicyclic) bond motifs is 1. The van der Waals surface area contributed by atoms with E-state index in [2.05, 4.69) is 20.3 Å². The second-order valence-corrected chi connectivity index (χ2v) is 4.91. The molecule has 3 rings (SSSR count). The summed E-state index contributed by atoms with van der Waals surface area (Å²) in [4.78, 5) is 35.1. The van der Waals surface area contributed by atoms with Crippen LogP contribution in [0.4, 0.5) is 0 Å². The first-order valence-corrected chi connectivity index (χ1v) is 6.81. The van der Waals surface area contributed by atoms with Crippen LogP contribution in [0.15, 0.2) is 47.7 Å². The molecule has 6 heteroatoms. The summed E-state index contributed by atoms with van der Waals surface area (Å²) < 4.78 is 0. The number of nitrogens with one attached hydrogen (secondary N) is 2. The SMILES string of the molecule is Cc1nccc2[nH]c(=O)c(C(=O)NCc3cccnc3)cc12. The van der Waals surface area contributed by atoms with E-state index in [0.717, 1.165) is 16.6 Å². The van der Waals surface area contributed by atoms with Crippen LogP contribution in [0.25, 0.3) is 10.9 Å². The highest BCUT2D eigenvalue weighted by Crippen LogP contribution is 2.13. The van der Waals surface area contributed by atoms with Gasteiger partial charge in [0, 0.05) is 36.2 Å². The standard InChI is InChI=1S/C16H14N4O2/c1-10-12-7-13(16(22)20-14(12)4-6-18-10)15(21)19-9-11-3-2-5-17-8-11/h2-8H,9H2,1H3,(H,19,21)(H,20,22). The van der Waals surface area contributed by atoms with Gasteiger partial charge < -0.3 is 10.3 Å². The highest BCUT2D eigenvalue weighted by molar-refractivity contribution is 5.97. The lowest BCUT2D eigenvalue weighted by Crippen LogP contribution is -2.29. The van der Waals surface area contributed by atoms with E-state index in [-0.39, 0.29) is 5.56 Å². The second kappa shape index (κ2) is 5.77. The zero-order valence-electron chi connectivity index (χ0n) is 12.0. The van der Waals surface area contributed by atoms with E-state index < -0.39 is 11.5 Å². The maximum Gasteiger partial charge on any atom is 0.261 e. The van der Waals surface area contributed by atoms with Crippen molar-refractivity contribution in [1.82, 2.24) is 20.3 Å². The van der Waals surface area contributed by atoms with Crippen LogP contribution in [0.2, 0.25) is 0 Å². The summed E-state index contributed by atoms with van der Waals surface area (Å²) in [5.74, 6) is -0.421. The van der Waals surface area contributed by atoms with Gasteiger partial charge in [0.1, 0.15) is 5.56 Å². The number of carbonyl (C=O) groups excluding carboxylic acids is 1. The van der Waals surface area contributed by atoms with Gasteiger partial charge in [0.15, 0.2) is 0 Å². The highest BCUT2D eigenvalue weighted by Gasteiger charge is 2.12. The van der Waals surface area contributed by atoms with E-state index in [4.69, 9.17) is 0 Å². The minimum absolute atomic E-state index is 0.0764. The van der Waals surface area contributed by atoms with Crippen LogP contribution in [0.5, 0.6) is 0 Å². The molecule has 3 aromatic heterocycles. The molecule has 110 valence electrons. The van der Waals surface area contributed by atoms with Crippen molar-refractivity contribution in [1.29, 1.82) is 0 Å². The number of hydrogen-bond donors (Lipinski definition) is 2. The Hall–Kier alpha value is -3.02. The van der Waals surface area contributed by atoms with Crippen molar-refractivity contribution in [3.63, 3.8) is 0 Å². The topological polar surface area (TPSA) is 87.7 Å². The van der Waals surface area contributed by atoms with Crippen LogP contribution in [-0.4, -0.2) is 20.9 Å². The van der Waals surface area contributed by atoms with Crippen molar-refractivity contribution >= 4 is 16.8 Å². The summed E-state index contributed by atoms with van der Waals surface area (Å²) in [6, 6.07) is 6.93. The van der Waals surface area contributed by atoms with Crippen LogP contribution in [0.3, 0.4) is 0 Å². The Labute approximate surface area is 126 Å². The van der Waals surface area contributed by atoms with Gasteiger partial charge in [-0.05, 0) is 30.7 Å². The molecule has 0 saturated heterocycles. The zero-order chi connectivity index (χ0) is 15.5.